The maximum absolute atomic E-state index is 13.0. The van der Waals surface area contributed by atoms with Crippen molar-refractivity contribution in [2.75, 3.05) is 36.9 Å². The number of hydrogen-bond donors (Lipinski definition) is 2. The molecule has 1 saturated heterocycles. The predicted molar refractivity (Wildman–Crippen MR) is 129 cm³/mol. The van der Waals surface area contributed by atoms with Gasteiger partial charge < -0.3 is 15.5 Å². The molecule has 170 valence electrons. The first-order valence-electron chi connectivity index (χ1n) is 10.2. The molecule has 1 fully saturated rings. The highest BCUT2D eigenvalue weighted by atomic mass is 35.5. The summed E-state index contributed by atoms with van der Waals surface area (Å²) in [5, 5.41) is 6.55. The van der Waals surface area contributed by atoms with Crippen LogP contribution in [0.15, 0.2) is 42.6 Å². The van der Waals surface area contributed by atoms with Crippen LogP contribution in [-0.4, -0.2) is 54.4 Å². The summed E-state index contributed by atoms with van der Waals surface area (Å²) < 4.78 is 0. The van der Waals surface area contributed by atoms with Crippen molar-refractivity contribution in [3.8, 4) is 0 Å². The second kappa shape index (κ2) is 9.25. The number of carbonyl (C=O) groups is 3. The van der Waals surface area contributed by atoms with Gasteiger partial charge in [0, 0.05) is 31.7 Å². The third-order valence-electron chi connectivity index (χ3n) is 5.47. The molecule has 0 saturated carbocycles. The standard InChI is InChI=1S/C23H21Cl2N5O3/c1-13-11-27-20-14(21(13)30-10-9-29(23(30)33)12-18(31)26-2)5-3-8-17(20)28-22(32)19-15(24)6-4-7-16(19)25/h3-8,11H,9-10,12H2,1-2H3,(H,26,31)(H,28,32). The van der Waals surface area contributed by atoms with E-state index in [1.165, 1.54) is 11.9 Å². The summed E-state index contributed by atoms with van der Waals surface area (Å²) in [5.41, 5.74) is 2.65. The Balaban J connectivity index is 1.71. The van der Waals surface area contributed by atoms with Gasteiger partial charge in [-0.1, -0.05) is 41.4 Å². The van der Waals surface area contributed by atoms with Crippen LogP contribution in [-0.2, 0) is 4.79 Å². The highest BCUT2D eigenvalue weighted by Crippen LogP contribution is 2.35. The maximum atomic E-state index is 13.0. The Kier molecular flexibility index (Phi) is 6.40. The van der Waals surface area contributed by atoms with Crippen LogP contribution in [0.2, 0.25) is 10.0 Å². The van der Waals surface area contributed by atoms with Crippen molar-refractivity contribution in [1.82, 2.24) is 15.2 Å². The highest BCUT2D eigenvalue weighted by molar-refractivity contribution is 6.40. The molecule has 2 N–H and O–H groups in total. The number of benzene rings is 2. The van der Waals surface area contributed by atoms with Crippen LogP contribution in [0.4, 0.5) is 16.2 Å². The first-order chi connectivity index (χ1) is 15.8. The van der Waals surface area contributed by atoms with E-state index in [9.17, 15) is 14.4 Å². The molecule has 0 bridgehead atoms. The van der Waals surface area contributed by atoms with E-state index in [0.717, 1.165) is 5.56 Å². The molecule has 8 nitrogen and oxygen atoms in total. The molecule has 0 aliphatic carbocycles. The van der Waals surface area contributed by atoms with Crippen molar-refractivity contribution >= 4 is 63.3 Å². The fourth-order valence-electron chi connectivity index (χ4n) is 3.86. The fourth-order valence-corrected chi connectivity index (χ4v) is 4.43. The first-order valence-corrected chi connectivity index (χ1v) is 11.0. The van der Waals surface area contributed by atoms with Crippen LogP contribution in [0.5, 0.6) is 0 Å². The number of carbonyl (C=O) groups excluding carboxylic acids is 3. The van der Waals surface area contributed by atoms with Crippen LogP contribution >= 0.6 is 23.2 Å². The number of likely N-dealkylation sites (N-methyl/N-ethyl adjacent to an activating group) is 1. The number of urea groups is 1. The van der Waals surface area contributed by atoms with E-state index in [4.69, 9.17) is 23.2 Å². The molecular weight excluding hydrogens is 465 g/mol. The number of rotatable bonds is 5. The summed E-state index contributed by atoms with van der Waals surface area (Å²) in [4.78, 5) is 45.3. The van der Waals surface area contributed by atoms with Crippen molar-refractivity contribution in [2.24, 2.45) is 0 Å². The number of aromatic nitrogens is 1. The number of aryl methyl sites for hydroxylation is 1. The van der Waals surface area contributed by atoms with Crippen molar-refractivity contribution in [1.29, 1.82) is 0 Å². The molecule has 2 aromatic carbocycles. The lowest BCUT2D eigenvalue weighted by Gasteiger charge is -2.22. The summed E-state index contributed by atoms with van der Waals surface area (Å²) in [6.45, 7) is 2.72. The molecule has 3 aromatic rings. The molecule has 33 heavy (non-hydrogen) atoms. The quantitative estimate of drug-likeness (QED) is 0.568. The summed E-state index contributed by atoms with van der Waals surface area (Å²) in [7, 11) is 1.53. The number of pyridine rings is 1. The summed E-state index contributed by atoms with van der Waals surface area (Å²) >= 11 is 12.4. The third kappa shape index (κ3) is 4.31. The van der Waals surface area contributed by atoms with E-state index in [-0.39, 0.29) is 34.1 Å². The number of para-hydroxylation sites is 1. The molecule has 4 rings (SSSR count). The topological polar surface area (TPSA) is 94.6 Å². The van der Waals surface area contributed by atoms with Crippen LogP contribution in [0.1, 0.15) is 15.9 Å². The fraction of sp³-hybridized carbons (Fsp3) is 0.217. The number of nitrogens with one attached hydrogen (secondary N) is 2. The Bertz CT molecular complexity index is 1260. The minimum absolute atomic E-state index is 0.00615. The van der Waals surface area contributed by atoms with E-state index < -0.39 is 5.91 Å². The Hall–Kier alpha value is -3.36. The summed E-state index contributed by atoms with van der Waals surface area (Å²) in [5.74, 6) is -0.694. The monoisotopic (exact) mass is 485 g/mol. The lowest BCUT2D eigenvalue weighted by atomic mass is 10.1. The molecule has 0 radical (unpaired) electrons. The zero-order valence-corrected chi connectivity index (χ0v) is 19.5. The molecular formula is C23H21Cl2N5O3. The van der Waals surface area contributed by atoms with Gasteiger partial charge in [-0.25, -0.2) is 4.79 Å². The number of nitrogens with zero attached hydrogens (tertiary/aromatic N) is 3. The maximum Gasteiger partial charge on any atom is 0.325 e. The molecule has 0 unspecified atom stereocenters. The van der Waals surface area contributed by atoms with Crippen molar-refractivity contribution in [3.63, 3.8) is 0 Å². The molecule has 4 amide bonds. The van der Waals surface area contributed by atoms with Gasteiger partial charge >= 0.3 is 6.03 Å². The van der Waals surface area contributed by atoms with E-state index in [0.29, 0.717) is 35.4 Å². The van der Waals surface area contributed by atoms with Gasteiger partial charge in [-0.15, -0.1) is 0 Å². The van der Waals surface area contributed by atoms with Gasteiger partial charge in [-0.3, -0.25) is 19.5 Å². The van der Waals surface area contributed by atoms with E-state index in [1.807, 2.05) is 13.0 Å². The Morgan fingerprint density at radius 2 is 1.79 bits per heavy atom. The molecule has 1 aliphatic heterocycles. The molecule has 0 spiro atoms. The minimum atomic E-state index is -0.462. The Morgan fingerprint density at radius 3 is 2.48 bits per heavy atom. The zero-order chi connectivity index (χ0) is 23.7. The van der Waals surface area contributed by atoms with Crippen LogP contribution in [0, 0.1) is 6.92 Å². The second-order valence-electron chi connectivity index (χ2n) is 7.57. The average Bonchev–Trinajstić information content (AvgIpc) is 3.13. The Labute approximate surface area is 200 Å². The van der Waals surface area contributed by atoms with Crippen LogP contribution in [0.25, 0.3) is 10.9 Å². The van der Waals surface area contributed by atoms with E-state index >= 15 is 0 Å². The van der Waals surface area contributed by atoms with Crippen LogP contribution < -0.4 is 15.5 Å². The molecule has 10 heteroatoms. The predicted octanol–water partition coefficient (Wildman–Crippen LogP) is 4.09. The van der Waals surface area contributed by atoms with Gasteiger partial charge in [0.05, 0.1) is 32.5 Å². The van der Waals surface area contributed by atoms with E-state index in [2.05, 4.69) is 15.6 Å². The van der Waals surface area contributed by atoms with Gasteiger partial charge in [0.2, 0.25) is 5.91 Å². The third-order valence-corrected chi connectivity index (χ3v) is 6.10. The SMILES string of the molecule is CNC(=O)CN1CCN(c2c(C)cnc3c(NC(=O)c4c(Cl)cccc4Cl)cccc23)C1=O. The first kappa shape index (κ1) is 22.8. The molecule has 1 aliphatic rings. The van der Waals surface area contributed by atoms with Crippen molar-refractivity contribution in [2.45, 2.75) is 6.92 Å². The number of fused-ring (bicyclic) bond motifs is 1. The van der Waals surface area contributed by atoms with Crippen molar-refractivity contribution < 1.29 is 14.4 Å². The van der Waals surface area contributed by atoms with Crippen molar-refractivity contribution in [3.05, 3.63) is 63.8 Å². The van der Waals surface area contributed by atoms with Gasteiger partial charge in [0.1, 0.15) is 6.54 Å². The van der Waals surface area contributed by atoms with E-state index in [1.54, 1.807) is 41.4 Å². The zero-order valence-electron chi connectivity index (χ0n) is 18.0. The lowest BCUT2D eigenvalue weighted by molar-refractivity contribution is -0.121. The summed E-state index contributed by atoms with van der Waals surface area (Å²) in [6.07, 6.45) is 1.66. The van der Waals surface area contributed by atoms with Gasteiger partial charge in [0.15, 0.2) is 0 Å². The largest absolute Gasteiger partial charge is 0.358 e. The van der Waals surface area contributed by atoms with Gasteiger partial charge in [-0.05, 0) is 30.7 Å². The number of anilines is 2. The lowest BCUT2D eigenvalue weighted by Crippen LogP contribution is -2.39. The van der Waals surface area contributed by atoms with Crippen LogP contribution in [0.3, 0.4) is 0 Å². The van der Waals surface area contributed by atoms with Gasteiger partial charge in [-0.2, -0.15) is 0 Å². The second-order valence-corrected chi connectivity index (χ2v) is 8.39. The number of halogens is 2. The minimum Gasteiger partial charge on any atom is -0.358 e. The molecule has 1 aromatic heterocycles. The normalized spacial score (nSPS) is 13.5. The molecule has 2 heterocycles. The Morgan fingerprint density at radius 1 is 1.09 bits per heavy atom. The number of amides is 4. The molecule has 0 atom stereocenters. The average molecular weight is 486 g/mol. The highest BCUT2D eigenvalue weighted by Gasteiger charge is 2.32. The van der Waals surface area contributed by atoms with Gasteiger partial charge in [0.25, 0.3) is 5.91 Å². The smallest absolute Gasteiger partial charge is 0.325 e. The number of hydrogen-bond acceptors (Lipinski definition) is 4. The summed E-state index contributed by atoms with van der Waals surface area (Å²) in [6, 6.07) is 9.93.